The van der Waals surface area contributed by atoms with Crippen molar-refractivity contribution in [3.8, 4) is 0 Å². The highest BCUT2D eigenvalue weighted by Gasteiger charge is 2.21. The molecule has 1 aliphatic carbocycles. The summed E-state index contributed by atoms with van der Waals surface area (Å²) in [5.74, 6) is 0.620. The van der Waals surface area contributed by atoms with Crippen LogP contribution in [-0.2, 0) is 6.42 Å². The van der Waals surface area contributed by atoms with Gasteiger partial charge in [-0.25, -0.2) is 8.79 Å². The molecule has 17 heavy (non-hydrogen) atoms. The van der Waals surface area contributed by atoms with E-state index in [0.717, 1.165) is 34.5 Å². The highest BCUT2D eigenvalue weighted by Crippen LogP contribution is 2.28. The van der Waals surface area contributed by atoms with Crippen molar-refractivity contribution in [3.05, 3.63) is 33.5 Å². The Kier molecular flexibility index (Phi) is 5.67. The number of aryl methyl sites for hydroxylation is 1. The second-order valence-electron chi connectivity index (χ2n) is 4.70. The quantitative estimate of drug-likeness (QED) is 0.658. The van der Waals surface area contributed by atoms with E-state index >= 15 is 0 Å². The molecule has 1 aromatic carbocycles. The molecule has 0 aliphatic heterocycles. The fourth-order valence-corrected chi connectivity index (χ4v) is 2.30. The fraction of sp³-hybridized carbons (Fsp3) is 0.462. The molecular weight excluding hydrogens is 301 g/mol. The van der Waals surface area contributed by atoms with Crippen LogP contribution >= 0.6 is 28.7 Å². The molecule has 0 atom stereocenters. The van der Waals surface area contributed by atoms with Crippen molar-refractivity contribution in [2.24, 2.45) is 10.3 Å². The van der Waals surface area contributed by atoms with Gasteiger partial charge in [-0.3, -0.25) is 0 Å². The molecule has 0 saturated heterocycles. The van der Waals surface area contributed by atoms with E-state index in [9.17, 15) is 4.39 Å². The lowest BCUT2D eigenvalue weighted by atomic mass is 10.1. The zero-order valence-electron chi connectivity index (χ0n) is 10.3. The summed E-state index contributed by atoms with van der Waals surface area (Å²) in [7, 11) is 0. The molecule has 0 unspecified atom stereocenters. The zero-order chi connectivity index (χ0) is 13.0. The van der Waals surface area contributed by atoms with Crippen LogP contribution in [0, 0.1) is 11.7 Å². The van der Waals surface area contributed by atoms with E-state index in [0.29, 0.717) is 5.56 Å². The highest BCUT2D eigenvalue weighted by molar-refractivity contribution is 9.10. The molecule has 0 spiro atoms. The molecule has 0 bridgehead atoms. The van der Waals surface area contributed by atoms with E-state index in [2.05, 4.69) is 53.9 Å². The van der Waals surface area contributed by atoms with Gasteiger partial charge < -0.3 is 0 Å². The Morgan fingerprint density at radius 3 is 2.41 bits per heavy atom. The van der Waals surface area contributed by atoms with Gasteiger partial charge in [0.2, 0.25) is 0 Å². The van der Waals surface area contributed by atoms with Crippen LogP contribution in [0.25, 0.3) is 0 Å². The van der Waals surface area contributed by atoms with E-state index in [1.807, 2.05) is 6.07 Å². The number of rotatable bonds is 0. The molecule has 94 valence electrons. The van der Waals surface area contributed by atoms with Crippen molar-refractivity contribution in [1.29, 1.82) is 0 Å². The first kappa shape index (κ1) is 14.7. The van der Waals surface area contributed by atoms with E-state index < -0.39 is 0 Å². The molecule has 2 rings (SSSR count). The fourth-order valence-electron chi connectivity index (χ4n) is 1.63. The molecule has 1 aromatic rings. The Labute approximate surface area is 116 Å². The average molecular weight is 318 g/mol. The van der Waals surface area contributed by atoms with Crippen molar-refractivity contribution in [3.63, 3.8) is 0 Å². The Bertz CT molecular complexity index is 427. The predicted molar refractivity (Wildman–Crippen MR) is 78.5 cm³/mol. The molecule has 0 N–H and O–H groups in total. The molecule has 0 aromatic heterocycles. The molecule has 1 nitrogen and oxygen atoms in total. The van der Waals surface area contributed by atoms with E-state index in [4.69, 9.17) is 0 Å². The normalized spacial score (nSPS) is 15.8. The van der Waals surface area contributed by atoms with E-state index in [1.165, 1.54) is 6.07 Å². The van der Waals surface area contributed by atoms with Gasteiger partial charge in [0.05, 0.1) is 5.71 Å². The minimum Gasteiger partial charge on any atom is -0.224 e. The van der Waals surface area contributed by atoms with Crippen molar-refractivity contribution in [2.75, 3.05) is 0 Å². The van der Waals surface area contributed by atoms with Crippen molar-refractivity contribution < 1.29 is 4.39 Å². The summed E-state index contributed by atoms with van der Waals surface area (Å²) in [4.78, 5) is 0. The summed E-state index contributed by atoms with van der Waals surface area (Å²) in [6.45, 7) is 6.50. The van der Waals surface area contributed by atoms with Crippen LogP contribution in [0.4, 0.5) is 4.39 Å². The SMILES string of the molecule is CC(C)C.Fc1cc(Br)cc2c1/C(=N/S)CC2. The molecule has 0 amide bonds. The minimum absolute atomic E-state index is 0.213. The molecule has 0 saturated carbocycles. The van der Waals surface area contributed by atoms with Gasteiger partial charge in [0.15, 0.2) is 0 Å². The largest absolute Gasteiger partial charge is 0.224 e. The van der Waals surface area contributed by atoms with Gasteiger partial charge in [0, 0.05) is 10.0 Å². The lowest BCUT2D eigenvalue weighted by molar-refractivity contribution is 0.624. The van der Waals surface area contributed by atoms with Crippen molar-refractivity contribution in [2.45, 2.75) is 33.6 Å². The summed E-state index contributed by atoms with van der Waals surface area (Å²) in [5.41, 5.74) is 2.40. The van der Waals surface area contributed by atoms with E-state index in [1.54, 1.807) is 0 Å². The molecular formula is C13H17BrFNS. The number of halogens is 2. The number of nitrogens with zero attached hydrogens (tertiary/aromatic N) is 1. The maximum atomic E-state index is 13.4. The Hall–Kier alpha value is -0.350. The number of fused-ring (bicyclic) bond motifs is 1. The van der Waals surface area contributed by atoms with Crippen LogP contribution < -0.4 is 0 Å². The first-order valence-corrected chi connectivity index (χ1v) is 6.84. The zero-order valence-corrected chi connectivity index (χ0v) is 12.8. The second kappa shape index (κ2) is 6.55. The minimum atomic E-state index is -0.213. The Morgan fingerprint density at radius 1 is 1.29 bits per heavy atom. The summed E-state index contributed by atoms with van der Waals surface area (Å²) in [5, 5.41) is 0. The van der Waals surface area contributed by atoms with Crippen LogP contribution in [0.15, 0.2) is 21.0 Å². The smallest absolute Gasteiger partial charge is 0.133 e. The highest BCUT2D eigenvalue weighted by atomic mass is 79.9. The third-order valence-corrected chi connectivity index (χ3v) is 2.88. The maximum Gasteiger partial charge on any atom is 0.133 e. The Balaban J connectivity index is 0.000000317. The van der Waals surface area contributed by atoms with Crippen LogP contribution in [-0.4, -0.2) is 5.71 Å². The molecule has 0 radical (unpaired) electrons. The number of hydrogen-bond donors (Lipinski definition) is 1. The van der Waals surface area contributed by atoms with Gasteiger partial charge in [0.1, 0.15) is 5.82 Å². The van der Waals surface area contributed by atoms with Gasteiger partial charge in [0.25, 0.3) is 0 Å². The molecule has 0 fully saturated rings. The predicted octanol–water partition coefficient (Wildman–Crippen LogP) is 4.83. The lowest BCUT2D eigenvalue weighted by Crippen LogP contribution is -1.97. The first-order chi connectivity index (χ1) is 7.95. The standard InChI is InChI=1S/C9H7BrFNS.C4H10/c10-6-3-5-1-2-8(12-13)9(5)7(11)4-6;1-4(2)3/h3-4,13H,1-2H2;4H,1-3H3/b12-8+;. The van der Waals surface area contributed by atoms with Gasteiger partial charge in [-0.1, -0.05) is 36.7 Å². The summed E-state index contributed by atoms with van der Waals surface area (Å²) in [6, 6.07) is 3.40. The summed E-state index contributed by atoms with van der Waals surface area (Å²) in [6.07, 6.45) is 1.64. The van der Waals surface area contributed by atoms with Crippen molar-refractivity contribution in [1.82, 2.24) is 0 Å². The van der Waals surface area contributed by atoms with Crippen LogP contribution in [0.2, 0.25) is 0 Å². The Morgan fingerprint density at radius 2 is 1.88 bits per heavy atom. The van der Waals surface area contributed by atoms with Gasteiger partial charge >= 0.3 is 0 Å². The molecule has 1 aliphatic rings. The summed E-state index contributed by atoms with van der Waals surface area (Å²) >= 11 is 7.08. The average Bonchev–Trinajstić information content (AvgIpc) is 2.59. The van der Waals surface area contributed by atoms with Gasteiger partial charge in [-0.05, 0) is 49.3 Å². The summed E-state index contributed by atoms with van der Waals surface area (Å²) < 4.78 is 18.0. The second-order valence-corrected chi connectivity index (χ2v) is 5.82. The van der Waals surface area contributed by atoms with Crippen LogP contribution in [0.3, 0.4) is 0 Å². The maximum absolute atomic E-state index is 13.4. The first-order valence-electron chi connectivity index (χ1n) is 5.65. The number of thiol groups is 1. The third kappa shape index (κ3) is 4.11. The van der Waals surface area contributed by atoms with Crippen LogP contribution in [0.5, 0.6) is 0 Å². The van der Waals surface area contributed by atoms with Crippen molar-refractivity contribution >= 4 is 34.5 Å². The number of benzene rings is 1. The third-order valence-electron chi connectivity index (χ3n) is 2.18. The monoisotopic (exact) mass is 317 g/mol. The molecule has 0 heterocycles. The van der Waals surface area contributed by atoms with Crippen LogP contribution in [0.1, 0.15) is 38.3 Å². The van der Waals surface area contributed by atoms with Gasteiger partial charge in [-0.15, -0.1) is 0 Å². The topological polar surface area (TPSA) is 12.4 Å². The van der Waals surface area contributed by atoms with E-state index in [-0.39, 0.29) is 5.82 Å². The lowest BCUT2D eigenvalue weighted by Gasteiger charge is -2.01. The van der Waals surface area contributed by atoms with Gasteiger partial charge in [-0.2, -0.15) is 0 Å². The number of hydrogen-bond acceptors (Lipinski definition) is 2. The molecule has 4 heteroatoms.